The van der Waals surface area contributed by atoms with E-state index < -0.39 is 24.9 Å². The Morgan fingerprint density at radius 2 is 1.82 bits per heavy atom. The summed E-state index contributed by atoms with van der Waals surface area (Å²) in [4.78, 5) is 11.8. The van der Waals surface area contributed by atoms with Crippen molar-refractivity contribution in [1.29, 1.82) is 0 Å². The fourth-order valence-corrected chi connectivity index (χ4v) is 9.12. The van der Waals surface area contributed by atoms with E-state index in [0.717, 1.165) is 79.5 Å². The van der Waals surface area contributed by atoms with Crippen LogP contribution in [0.3, 0.4) is 0 Å². The van der Waals surface area contributed by atoms with Gasteiger partial charge >= 0.3 is 6.18 Å². The van der Waals surface area contributed by atoms with Crippen molar-refractivity contribution in [3.05, 3.63) is 52.3 Å². The van der Waals surface area contributed by atoms with E-state index in [-0.39, 0.29) is 5.69 Å². The molecule has 3 aliphatic rings. The lowest BCUT2D eigenvalue weighted by Crippen LogP contribution is -2.53. The Kier molecular flexibility index (Phi) is 6.63. The summed E-state index contributed by atoms with van der Waals surface area (Å²) >= 11 is 0. The highest BCUT2D eigenvalue weighted by atomic mass is 31.2. The summed E-state index contributed by atoms with van der Waals surface area (Å²) in [5, 5.41) is 5.05. The van der Waals surface area contributed by atoms with Crippen LogP contribution in [0.1, 0.15) is 47.5 Å². The minimum absolute atomic E-state index is 0.0511. The van der Waals surface area contributed by atoms with E-state index in [2.05, 4.69) is 15.2 Å². The second-order valence-corrected chi connectivity index (χ2v) is 14.2. The highest BCUT2D eigenvalue weighted by Crippen LogP contribution is 2.50. The molecule has 0 radical (unpaired) electrons. The van der Waals surface area contributed by atoms with E-state index in [0.29, 0.717) is 35.6 Å². The van der Waals surface area contributed by atoms with Gasteiger partial charge in [-0.25, -0.2) is 9.97 Å². The maximum Gasteiger partial charge on any atom is 0.416 e. The normalized spacial score (nSPS) is 20.5. The van der Waals surface area contributed by atoms with Crippen LogP contribution in [0.2, 0.25) is 0 Å². The lowest BCUT2D eigenvalue weighted by Gasteiger charge is -2.41. The van der Waals surface area contributed by atoms with Crippen LogP contribution < -0.4 is 16.4 Å². The molecule has 0 unspecified atom stereocenters. The first kappa shape index (κ1) is 26.5. The molecule has 0 spiro atoms. The lowest BCUT2D eigenvalue weighted by atomic mass is 10.0. The first-order chi connectivity index (χ1) is 18.5. The molecule has 2 fully saturated rings. The summed E-state index contributed by atoms with van der Waals surface area (Å²) < 4.78 is 60.1. The largest absolute Gasteiger partial charge is 0.416 e. The number of fused-ring (bicyclic) bond motifs is 3. The molecule has 3 heterocycles. The number of benzene rings is 2. The van der Waals surface area contributed by atoms with Crippen LogP contribution in [0, 0.1) is 6.92 Å². The molecule has 1 aromatic heterocycles. The molecular weight excluding hydrogens is 526 g/mol. The minimum Gasteiger partial charge on any atom is -0.399 e. The lowest BCUT2D eigenvalue weighted by molar-refractivity contribution is -0.137. The number of nitrogens with one attached hydrogen (secondary N) is 1. The van der Waals surface area contributed by atoms with E-state index in [9.17, 15) is 17.7 Å². The second-order valence-electron chi connectivity index (χ2n) is 11.0. The molecule has 1 aliphatic carbocycles. The van der Waals surface area contributed by atoms with Crippen molar-refractivity contribution in [2.24, 2.45) is 0 Å². The van der Waals surface area contributed by atoms with Crippen LogP contribution in [0.25, 0.3) is 10.9 Å². The summed E-state index contributed by atoms with van der Waals surface area (Å²) in [5.41, 5.74) is 8.66. The molecule has 2 aliphatic heterocycles. The molecule has 3 aromatic rings. The Balaban J connectivity index is 1.39. The van der Waals surface area contributed by atoms with Gasteiger partial charge in [0.2, 0.25) is 0 Å². The summed E-state index contributed by atoms with van der Waals surface area (Å²) in [6, 6.07) is 5.54. The number of rotatable bonds is 5. The Morgan fingerprint density at radius 1 is 1.10 bits per heavy atom. The van der Waals surface area contributed by atoms with E-state index in [1.807, 2.05) is 13.0 Å². The number of anilines is 2. The molecule has 1 atom stereocenters. The van der Waals surface area contributed by atoms with Crippen LogP contribution in [-0.4, -0.2) is 59.5 Å². The molecule has 0 bridgehead atoms. The number of hydrogen-bond acceptors (Lipinski definition) is 7. The Labute approximate surface area is 225 Å². The first-order valence-electron chi connectivity index (χ1n) is 13.5. The van der Waals surface area contributed by atoms with Gasteiger partial charge in [0.15, 0.2) is 0 Å². The molecule has 3 N–H and O–H groups in total. The van der Waals surface area contributed by atoms with E-state index >= 15 is 0 Å². The van der Waals surface area contributed by atoms with Gasteiger partial charge in [-0.3, -0.25) is 4.90 Å². The van der Waals surface area contributed by atoms with Gasteiger partial charge in [0.05, 0.1) is 36.4 Å². The smallest absolute Gasteiger partial charge is 0.399 e. The van der Waals surface area contributed by atoms with Crippen LogP contribution in [0.15, 0.2) is 24.3 Å². The van der Waals surface area contributed by atoms with Crippen LogP contribution in [0.4, 0.5) is 24.7 Å². The van der Waals surface area contributed by atoms with Crippen molar-refractivity contribution >= 4 is 34.9 Å². The summed E-state index contributed by atoms with van der Waals surface area (Å²) in [7, 11) is -2.64. The maximum absolute atomic E-state index is 14.5. The molecular formula is C28H33F3N5O2P. The topological polar surface area (TPSA) is 93.4 Å². The zero-order valence-corrected chi connectivity index (χ0v) is 23.0. The number of ether oxygens (including phenoxy) is 1. The van der Waals surface area contributed by atoms with Gasteiger partial charge < -0.3 is 20.4 Å². The fourth-order valence-electron chi connectivity index (χ4n) is 6.16. The molecule has 2 saturated heterocycles. The van der Waals surface area contributed by atoms with Gasteiger partial charge in [0.1, 0.15) is 18.8 Å². The number of hydrogen-bond donors (Lipinski definition) is 2. The zero-order chi connectivity index (χ0) is 27.5. The van der Waals surface area contributed by atoms with Gasteiger partial charge in [-0.2, -0.15) is 13.2 Å². The fraction of sp³-hybridized carbons (Fsp3) is 0.500. The molecule has 11 heteroatoms. The highest BCUT2D eigenvalue weighted by molar-refractivity contribution is 7.71. The van der Waals surface area contributed by atoms with Crippen LogP contribution in [0.5, 0.6) is 0 Å². The molecule has 0 amide bonds. The van der Waals surface area contributed by atoms with Crippen molar-refractivity contribution < 1.29 is 22.5 Å². The van der Waals surface area contributed by atoms with Crippen molar-refractivity contribution in [3.63, 3.8) is 0 Å². The number of nitrogens with two attached hydrogens (primary N) is 1. The molecule has 6 rings (SSSR count). The third-order valence-electron chi connectivity index (χ3n) is 8.38. The van der Waals surface area contributed by atoms with E-state index in [4.69, 9.17) is 15.5 Å². The zero-order valence-electron chi connectivity index (χ0n) is 22.1. The maximum atomic E-state index is 14.5. The minimum atomic E-state index is -4.50. The molecule has 2 aromatic carbocycles. The number of halogens is 3. The van der Waals surface area contributed by atoms with Crippen LogP contribution in [-0.2, 0) is 28.3 Å². The molecule has 208 valence electrons. The average Bonchev–Trinajstić information content (AvgIpc) is 3.33. The van der Waals surface area contributed by atoms with Gasteiger partial charge in [0, 0.05) is 41.8 Å². The SMILES string of the molecule is Cc1nc(N[C@H](C)c2cc(N)cc(C(F)(F)F)c2)c2cc(P3(=O)CCN(C4COC4)CC3)c3c(c2n1)CCC3. The van der Waals surface area contributed by atoms with Crippen molar-refractivity contribution in [2.75, 3.05) is 49.7 Å². The number of aryl methyl sites for hydroxylation is 2. The van der Waals surface area contributed by atoms with Gasteiger partial charge in [-0.1, -0.05) is 0 Å². The highest BCUT2D eigenvalue weighted by Gasteiger charge is 2.38. The Morgan fingerprint density at radius 3 is 2.49 bits per heavy atom. The first-order valence-corrected chi connectivity index (χ1v) is 15.6. The Bertz CT molecular complexity index is 1480. The Hall–Kier alpha value is -2.68. The number of nitrogens with zero attached hydrogens (tertiary/aromatic N) is 3. The predicted molar refractivity (Wildman–Crippen MR) is 147 cm³/mol. The quantitative estimate of drug-likeness (QED) is 0.339. The van der Waals surface area contributed by atoms with Gasteiger partial charge in [0.25, 0.3) is 0 Å². The standard InChI is InChI=1S/C28H33F3N5O2P/c1-16(18-10-19(28(29,30)31)12-20(32)11-18)33-27-24-13-25(22-4-3-5-23(22)26(24)34-17(2)35-27)39(37)8-6-36(7-9-39)21-14-38-15-21/h10-13,16,21H,3-9,14-15,32H2,1-2H3,(H,33,34,35)/t16-/m1/s1. The van der Waals surface area contributed by atoms with Crippen LogP contribution >= 0.6 is 7.14 Å². The number of nitrogen functional groups attached to an aromatic ring is 1. The third-order valence-corrected chi connectivity index (χ3v) is 11.5. The summed E-state index contributed by atoms with van der Waals surface area (Å²) in [6.45, 7) is 6.68. The molecule has 7 nitrogen and oxygen atoms in total. The van der Waals surface area contributed by atoms with Gasteiger partial charge in [-0.05, 0) is 74.1 Å². The summed E-state index contributed by atoms with van der Waals surface area (Å²) in [6.07, 6.45) is -0.491. The monoisotopic (exact) mass is 559 g/mol. The summed E-state index contributed by atoms with van der Waals surface area (Å²) in [5.74, 6) is 1.11. The second kappa shape index (κ2) is 9.75. The van der Waals surface area contributed by atoms with E-state index in [1.165, 1.54) is 5.56 Å². The van der Waals surface area contributed by atoms with E-state index in [1.54, 1.807) is 13.0 Å². The third kappa shape index (κ3) is 4.92. The number of alkyl halides is 3. The number of aromatic nitrogens is 2. The molecule has 0 saturated carbocycles. The van der Waals surface area contributed by atoms with Crippen molar-refractivity contribution in [1.82, 2.24) is 14.9 Å². The average molecular weight is 560 g/mol. The van der Waals surface area contributed by atoms with Crippen molar-refractivity contribution in [3.8, 4) is 0 Å². The van der Waals surface area contributed by atoms with Gasteiger partial charge in [-0.15, -0.1) is 0 Å². The predicted octanol–water partition coefficient (Wildman–Crippen LogP) is 4.90. The van der Waals surface area contributed by atoms with Crippen molar-refractivity contribution in [2.45, 2.75) is 51.4 Å². The molecule has 39 heavy (non-hydrogen) atoms.